The largest absolute Gasteiger partial charge is 0.484 e. The Hall–Kier alpha value is -2.45. The van der Waals surface area contributed by atoms with E-state index in [0.717, 1.165) is 18.4 Å². The zero-order chi connectivity index (χ0) is 20.5. The molecule has 1 heterocycles. The maximum Gasteiger partial charge on any atom is 0.258 e. The summed E-state index contributed by atoms with van der Waals surface area (Å²) in [5, 5.41) is 6.97. The Morgan fingerprint density at radius 3 is 2.52 bits per heavy atom. The molecule has 0 atom stereocenters. The quantitative estimate of drug-likeness (QED) is 0.512. The number of carbonyl (C=O) groups excluding carboxylic acids is 2. The minimum atomic E-state index is -0.873. The van der Waals surface area contributed by atoms with Crippen molar-refractivity contribution in [2.24, 2.45) is 5.10 Å². The Morgan fingerprint density at radius 2 is 1.83 bits per heavy atom. The fourth-order valence-electron chi connectivity index (χ4n) is 3.48. The molecule has 158 valence electrons. The van der Waals surface area contributed by atoms with Crippen molar-refractivity contribution in [2.75, 3.05) is 19.8 Å². The lowest BCUT2D eigenvalue weighted by atomic mass is 9.95. The van der Waals surface area contributed by atoms with Crippen molar-refractivity contribution in [2.45, 2.75) is 57.3 Å². The van der Waals surface area contributed by atoms with Gasteiger partial charge in [-0.25, -0.2) is 5.43 Å². The van der Waals surface area contributed by atoms with Crippen LogP contribution in [0.4, 0.5) is 0 Å². The number of rotatable bonds is 8. The van der Waals surface area contributed by atoms with Crippen LogP contribution in [0, 0.1) is 0 Å². The number of hydrazone groups is 1. The molecule has 2 amide bonds. The van der Waals surface area contributed by atoms with Crippen LogP contribution in [0.2, 0.25) is 0 Å². The smallest absolute Gasteiger partial charge is 0.258 e. The predicted molar refractivity (Wildman–Crippen MR) is 108 cm³/mol. The van der Waals surface area contributed by atoms with Crippen molar-refractivity contribution >= 4 is 18.0 Å². The van der Waals surface area contributed by atoms with Gasteiger partial charge in [0.15, 0.2) is 12.4 Å². The predicted octanol–water partition coefficient (Wildman–Crippen LogP) is 2.12. The molecule has 2 aliphatic rings. The van der Waals surface area contributed by atoms with Crippen molar-refractivity contribution in [1.82, 2.24) is 10.7 Å². The third-order valence-electron chi connectivity index (χ3n) is 5.00. The summed E-state index contributed by atoms with van der Waals surface area (Å²) in [6.45, 7) is 2.72. The molecule has 0 aromatic heterocycles. The maximum absolute atomic E-state index is 12.0. The van der Waals surface area contributed by atoms with Gasteiger partial charge in [0.25, 0.3) is 5.91 Å². The molecule has 0 spiro atoms. The van der Waals surface area contributed by atoms with Gasteiger partial charge in [0.2, 0.25) is 5.91 Å². The molecule has 1 aliphatic heterocycles. The van der Waals surface area contributed by atoms with Gasteiger partial charge in [-0.2, -0.15) is 5.10 Å². The van der Waals surface area contributed by atoms with Crippen LogP contribution in [0.5, 0.6) is 5.75 Å². The van der Waals surface area contributed by atoms with E-state index in [1.165, 1.54) is 25.5 Å². The Labute approximate surface area is 171 Å². The molecule has 2 fully saturated rings. The molecule has 1 aliphatic carbocycles. The van der Waals surface area contributed by atoms with Gasteiger partial charge < -0.3 is 19.5 Å². The zero-order valence-electron chi connectivity index (χ0n) is 16.8. The molecule has 0 radical (unpaired) electrons. The first-order valence-corrected chi connectivity index (χ1v) is 10.1. The molecule has 2 N–H and O–H groups in total. The summed E-state index contributed by atoms with van der Waals surface area (Å²) < 4.78 is 16.3. The van der Waals surface area contributed by atoms with Crippen LogP contribution in [-0.4, -0.2) is 49.7 Å². The third-order valence-corrected chi connectivity index (χ3v) is 5.00. The van der Waals surface area contributed by atoms with Crippen molar-refractivity contribution < 1.29 is 23.8 Å². The first-order chi connectivity index (χ1) is 14.0. The molecule has 3 rings (SSSR count). The first kappa shape index (κ1) is 21.3. The van der Waals surface area contributed by atoms with Gasteiger partial charge in [0.05, 0.1) is 25.8 Å². The zero-order valence-corrected chi connectivity index (χ0v) is 16.8. The van der Waals surface area contributed by atoms with E-state index in [-0.39, 0.29) is 30.9 Å². The lowest BCUT2D eigenvalue weighted by molar-refractivity contribution is -0.159. The molecule has 0 unspecified atom stereocenters. The Balaban J connectivity index is 1.37. The van der Waals surface area contributed by atoms with E-state index in [1.54, 1.807) is 31.2 Å². The van der Waals surface area contributed by atoms with Crippen molar-refractivity contribution in [3.63, 3.8) is 0 Å². The van der Waals surface area contributed by atoms with Crippen LogP contribution in [0.15, 0.2) is 29.4 Å². The minimum absolute atomic E-state index is 0.00288. The van der Waals surface area contributed by atoms with Crippen LogP contribution in [0.1, 0.15) is 51.0 Å². The summed E-state index contributed by atoms with van der Waals surface area (Å²) in [6, 6.07) is 7.41. The second-order valence-electron chi connectivity index (χ2n) is 7.56. The average molecular weight is 403 g/mol. The topological polar surface area (TPSA) is 98.2 Å². The second-order valence-corrected chi connectivity index (χ2v) is 7.56. The highest BCUT2D eigenvalue weighted by molar-refractivity contribution is 5.82. The van der Waals surface area contributed by atoms with E-state index in [1.807, 2.05) is 0 Å². The van der Waals surface area contributed by atoms with E-state index in [0.29, 0.717) is 19.0 Å². The van der Waals surface area contributed by atoms with Gasteiger partial charge in [-0.15, -0.1) is 0 Å². The molecule has 1 aromatic rings. The standard InChI is InChI=1S/C21H29N3O5/c1-21(28-11-12-29-21)13-19(25)24-22-14-16-7-9-18(10-8-16)27-15-20(26)23-17-5-3-2-4-6-17/h7-10,14,17H,2-6,11-13,15H2,1H3,(H,23,26)(H,24,25)/b22-14-. The minimum Gasteiger partial charge on any atom is -0.484 e. The molecule has 1 saturated heterocycles. The summed E-state index contributed by atoms with van der Waals surface area (Å²) in [5.74, 6) is -0.640. The molecule has 1 aromatic carbocycles. The Bertz CT molecular complexity index is 708. The monoisotopic (exact) mass is 403 g/mol. The van der Waals surface area contributed by atoms with Crippen LogP contribution < -0.4 is 15.5 Å². The van der Waals surface area contributed by atoms with Gasteiger partial charge in [0, 0.05) is 6.04 Å². The number of nitrogens with one attached hydrogen (secondary N) is 2. The Morgan fingerprint density at radius 1 is 1.14 bits per heavy atom. The number of amides is 2. The molecule has 8 nitrogen and oxygen atoms in total. The number of carbonyl (C=O) groups is 2. The summed E-state index contributed by atoms with van der Waals surface area (Å²) in [5.41, 5.74) is 3.26. The van der Waals surface area contributed by atoms with Crippen molar-refractivity contribution in [3.05, 3.63) is 29.8 Å². The van der Waals surface area contributed by atoms with Gasteiger partial charge in [-0.1, -0.05) is 19.3 Å². The fourth-order valence-corrected chi connectivity index (χ4v) is 3.48. The van der Waals surface area contributed by atoms with E-state index in [4.69, 9.17) is 14.2 Å². The highest BCUT2D eigenvalue weighted by Crippen LogP contribution is 2.22. The number of hydrogen-bond donors (Lipinski definition) is 2. The molecular weight excluding hydrogens is 374 g/mol. The summed E-state index contributed by atoms with van der Waals surface area (Å²) >= 11 is 0. The van der Waals surface area contributed by atoms with E-state index < -0.39 is 5.79 Å². The van der Waals surface area contributed by atoms with Crippen LogP contribution in [0.3, 0.4) is 0 Å². The summed E-state index contributed by atoms with van der Waals surface area (Å²) in [7, 11) is 0. The lowest BCUT2D eigenvalue weighted by Gasteiger charge is -2.22. The maximum atomic E-state index is 12.0. The molecule has 8 heteroatoms. The SMILES string of the molecule is CC1(CC(=O)N/N=C\c2ccc(OCC(=O)NC3CCCCC3)cc2)OCCO1. The Kier molecular flexibility index (Phi) is 7.60. The normalized spacial score (nSPS) is 19.2. The van der Waals surface area contributed by atoms with Crippen LogP contribution in [0.25, 0.3) is 0 Å². The van der Waals surface area contributed by atoms with Crippen LogP contribution in [-0.2, 0) is 19.1 Å². The van der Waals surface area contributed by atoms with E-state index in [2.05, 4.69) is 15.8 Å². The number of ether oxygens (including phenoxy) is 3. The number of benzene rings is 1. The molecule has 0 bridgehead atoms. The summed E-state index contributed by atoms with van der Waals surface area (Å²) in [6.07, 6.45) is 7.33. The number of nitrogens with zero attached hydrogens (tertiary/aromatic N) is 1. The molecule has 29 heavy (non-hydrogen) atoms. The van der Waals surface area contributed by atoms with E-state index in [9.17, 15) is 9.59 Å². The third kappa shape index (κ3) is 7.14. The van der Waals surface area contributed by atoms with Gasteiger partial charge >= 0.3 is 0 Å². The highest BCUT2D eigenvalue weighted by atomic mass is 16.7. The highest BCUT2D eigenvalue weighted by Gasteiger charge is 2.33. The number of hydrogen-bond acceptors (Lipinski definition) is 6. The average Bonchev–Trinajstić information content (AvgIpc) is 3.14. The van der Waals surface area contributed by atoms with Crippen molar-refractivity contribution in [3.8, 4) is 5.75 Å². The first-order valence-electron chi connectivity index (χ1n) is 10.1. The summed E-state index contributed by atoms with van der Waals surface area (Å²) in [4.78, 5) is 23.9. The second kappa shape index (κ2) is 10.4. The van der Waals surface area contributed by atoms with Gasteiger partial charge in [-0.3, -0.25) is 9.59 Å². The van der Waals surface area contributed by atoms with Crippen LogP contribution >= 0.6 is 0 Å². The fraction of sp³-hybridized carbons (Fsp3) is 0.571. The van der Waals surface area contributed by atoms with Crippen molar-refractivity contribution in [1.29, 1.82) is 0 Å². The van der Waals surface area contributed by atoms with E-state index >= 15 is 0 Å². The molecular formula is C21H29N3O5. The molecule has 1 saturated carbocycles. The lowest BCUT2D eigenvalue weighted by Crippen LogP contribution is -2.38. The van der Waals surface area contributed by atoms with Gasteiger partial charge in [0.1, 0.15) is 5.75 Å². The van der Waals surface area contributed by atoms with Gasteiger partial charge in [-0.05, 0) is 49.6 Å².